The fraction of sp³-hybridized carbons (Fsp3) is 0.222. The number of aromatic nitrogens is 2. The van der Waals surface area contributed by atoms with Crippen molar-refractivity contribution in [3.63, 3.8) is 0 Å². The number of benzene rings is 2. The van der Waals surface area contributed by atoms with Gasteiger partial charge in [-0.2, -0.15) is 0 Å². The van der Waals surface area contributed by atoms with Crippen molar-refractivity contribution in [2.45, 2.75) is 19.6 Å². The van der Waals surface area contributed by atoms with Crippen LogP contribution in [0.1, 0.15) is 18.1 Å². The fourth-order valence-electron chi connectivity index (χ4n) is 3.86. The molecule has 2 heterocycles. The van der Waals surface area contributed by atoms with E-state index in [0.717, 1.165) is 5.56 Å². The maximum absolute atomic E-state index is 15.0. The van der Waals surface area contributed by atoms with Crippen LogP contribution in [-0.4, -0.2) is 46.7 Å². The van der Waals surface area contributed by atoms with Crippen molar-refractivity contribution in [3.8, 4) is 11.1 Å². The highest BCUT2D eigenvalue weighted by Crippen LogP contribution is 2.29. The first kappa shape index (κ1) is 26.3. The summed E-state index contributed by atoms with van der Waals surface area (Å²) in [4.78, 5) is 52.6. The molecule has 3 aromatic rings. The van der Waals surface area contributed by atoms with E-state index in [1.165, 1.54) is 47.1 Å². The van der Waals surface area contributed by atoms with E-state index in [1.807, 2.05) is 0 Å². The number of hydrogen-bond acceptors (Lipinski definition) is 6. The van der Waals surface area contributed by atoms with Gasteiger partial charge in [-0.15, -0.1) is 0 Å². The van der Waals surface area contributed by atoms with Gasteiger partial charge in [0.05, 0.1) is 30.7 Å². The Morgan fingerprint density at radius 2 is 1.92 bits per heavy atom. The van der Waals surface area contributed by atoms with Crippen molar-refractivity contribution in [2.75, 3.05) is 18.0 Å². The third kappa shape index (κ3) is 6.30. The average molecular weight is 520 g/mol. The van der Waals surface area contributed by atoms with Crippen molar-refractivity contribution < 1.29 is 23.5 Å². The summed E-state index contributed by atoms with van der Waals surface area (Å²) in [5.41, 5.74) is 2.19. The van der Waals surface area contributed by atoms with Crippen LogP contribution in [0.25, 0.3) is 17.2 Å². The third-order valence-corrected chi connectivity index (χ3v) is 5.88. The van der Waals surface area contributed by atoms with Gasteiger partial charge in [0.1, 0.15) is 11.9 Å². The number of aryl methyl sites for hydroxylation is 1. The number of carbonyl (C=O) groups excluding carboxylic acids is 3. The van der Waals surface area contributed by atoms with E-state index in [-0.39, 0.29) is 37.0 Å². The molecule has 3 amide bonds. The van der Waals surface area contributed by atoms with E-state index in [0.29, 0.717) is 22.4 Å². The van der Waals surface area contributed by atoms with Gasteiger partial charge in [0, 0.05) is 38.4 Å². The Labute approximate surface area is 217 Å². The van der Waals surface area contributed by atoms with E-state index >= 15 is 0 Å². The number of cyclic esters (lactones) is 1. The molecule has 38 heavy (non-hydrogen) atoms. The van der Waals surface area contributed by atoms with Crippen molar-refractivity contribution in [1.29, 1.82) is 0 Å². The van der Waals surface area contributed by atoms with Gasteiger partial charge in [0.25, 0.3) is 5.56 Å². The highest BCUT2D eigenvalue weighted by molar-refractivity contribution is 5.91. The largest absolute Gasteiger partial charge is 0.442 e. The molecule has 1 aliphatic rings. The number of hydrogen-bond donors (Lipinski definition) is 2. The zero-order valence-corrected chi connectivity index (χ0v) is 20.8. The first-order chi connectivity index (χ1) is 18.2. The lowest BCUT2D eigenvalue weighted by atomic mass is 10.0. The normalized spacial score (nSPS) is 15.0. The summed E-state index contributed by atoms with van der Waals surface area (Å²) in [5.74, 6) is -1.11. The van der Waals surface area contributed by atoms with E-state index in [2.05, 4.69) is 15.6 Å². The zero-order chi connectivity index (χ0) is 27.2. The number of ether oxygens (including phenoxy) is 1. The number of anilines is 1. The topological polar surface area (TPSA) is 123 Å². The van der Waals surface area contributed by atoms with Gasteiger partial charge < -0.3 is 19.9 Å². The lowest BCUT2D eigenvalue weighted by Crippen LogP contribution is -2.33. The second-order valence-electron chi connectivity index (χ2n) is 8.73. The summed E-state index contributed by atoms with van der Waals surface area (Å²) < 4.78 is 21.5. The summed E-state index contributed by atoms with van der Waals surface area (Å²) in [6.07, 6.45) is 4.34. The van der Waals surface area contributed by atoms with Crippen molar-refractivity contribution in [1.82, 2.24) is 20.2 Å². The standard InChI is InChI=1S/C27H26FN5O5/c1-17(34)30-14-22-15-33(27(37)38-22)21-8-9-23(24(28)11-21)19-5-3-18(4-6-19)12-31-25(35)10-7-20-13-29-16-32(2)26(20)36/h3-11,13,16,22H,12,14-15H2,1-2H3,(H,30,34)(H,31,35)/t22-/m0/s1. The quantitative estimate of drug-likeness (QED) is 0.441. The first-order valence-electron chi connectivity index (χ1n) is 11.8. The number of halogens is 1. The van der Waals surface area contributed by atoms with Crippen molar-refractivity contribution in [2.24, 2.45) is 7.05 Å². The molecule has 10 nitrogen and oxygen atoms in total. The van der Waals surface area contributed by atoms with Crippen LogP contribution in [0.2, 0.25) is 0 Å². The number of amides is 3. The Bertz CT molecular complexity index is 1450. The Morgan fingerprint density at radius 1 is 1.16 bits per heavy atom. The molecule has 1 atom stereocenters. The van der Waals surface area contributed by atoms with Gasteiger partial charge in [-0.3, -0.25) is 19.3 Å². The van der Waals surface area contributed by atoms with Crippen LogP contribution in [-0.2, 0) is 27.9 Å². The number of nitrogens with one attached hydrogen (secondary N) is 2. The van der Waals surface area contributed by atoms with E-state index in [1.54, 1.807) is 43.4 Å². The van der Waals surface area contributed by atoms with Gasteiger partial charge in [0.15, 0.2) is 0 Å². The second kappa shape index (κ2) is 11.5. The Kier molecular flexibility index (Phi) is 7.95. The lowest BCUT2D eigenvalue weighted by Gasteiger charge is -2.15. The van der Waals surface area contributed by atoms with Crippen LogP contribution in [0.5, 0.6) is 0 Å². The molecule has 2 aromatic carbocycles. The van der Waals surface area contributed by atoms with E-state index < -0.39 is 18.0 Å². The molecular formula is C27H26FN5O5. The summed E-state index contributed by atoms with van der Waals surface area (Å²) in [5, 5.41) is 5.33. The maximum Gasteiger partial charge on any atom is 0.414 e. The van der Waals surface area contributed by atoms with Gasteiger partial charge >= 0.3 is 6.09 Å². The Balaban J connectivity index is 1.35. The minimum absolute atomic E-state index is 0.186. The van der Waals surface area contributed by atoms with E-state index in [9.17, 15) is 23.6 Å². The van der Waals surface area contributed by atoms with Crippen LogP contribution in [0.15, 0.2) is 65.9 Å². The number of rotatable bonds is 8. The maximum atomic E-state index is 15.0. The summed E-state index contributed by atoms with van der Waals surface area (Å²) >= 11 is 0. The van der Waals surface area contributed by atoms with E-state index in [4.69, 9.17) is 4.74 Å². The number of nitrogens with zero attached hydrogens (tertiary/aromatic N) is 3. The van der Waals surface area contributed by atoms with Crippen LogP contribution < -0.4 is 21.1 Å². The van der Waals surface area contributed by atoms with Gasteiger partial charge in [0.2, 0.25) is 11.8 Å². The lowest BCUT2D eigenvalue weighted by molar-refractivity contribution is -0.119. The van der Waals surface area contributed by atoms with Gasteiger partial charge in [-0.1, -0.05) is 24.3 Å². The molecule has 0 radical (unpaired) electrons. The molecular weight excluding hydrogens is 493 g/mol. The molecule has 1 saturated heterocycles. The van der Waals surface area contributed by atoms with Gasteiger partial charge in [-0.25, -0.2) is 14.2 Å². The SMILES string of the molecule is CC(=O)NC[C@H]1CN(c2ccc(-c3ccc(CNC(=O)C=Cc4cncn(C)c4=O)cc3)c(F)c2)C(=O)O1. The van der Waals surface area contributed by atoms with Gasteiger partial charge in [-0.05, 0) is 35.4 Å². The molecule has 2 N–H and O–H groups in total. The summed E-state index contributed by atoms with van der Waals surface area (Å²) in [6, 6.07) is 11.5. The molecule has 196 valence electrons. The third-order valence-electron chi connectivity index (χ3n) is 5.88. The smallest absolute Gasteiger partial charge is 0.414 e. The fourth-order valence-corrected chi connectivity index (χ4v) is 3.86. The summed E-state index contributed by atoms with van der Waals surface area (Å²) in [7, 11) is 1.58. The second-order valence-corrected chi connectivity index (χ2v) is 8.73. The molecule has 1 fully saturated rings. The van der Waals surface area contributed by atoms with Crippen molar-refractivity contribution >= 4 is 29.7 Å². The van der Waals surface area contributed by atoms with Crippen LogP contribution >= 0.6 is 0 Å². The van der Waals surface area contributed by atoms with Crippen LogP contribution in [0.4, 0.5) is 14.9 Å². The highest BCUT2D eigenvalue weighted by Gasteiger charge is 2.32. The monoisotopic (exact) mass is 519 g/mol. The van der Waals surface area contributed by atoms with Crippen LogP contribution in [0, 0.1) is 5.82 Å². The molecule has 4 rings (SSSR count). The molecule has 0 unspecified atom stereocenters. The molecule has 11 heteroatoms. The molecule has 0 aliphatic carbocycles. The Hall–Kier alpha value is -4.80. The predicted molar refractivity (Wildman–Crippen MR) is 138 cm³/mol. The average Bonchev–Trinajstić information content (AvgIpc) is 3.28. The molecule has 0 saturated carbocycles. The summed E-state index contributed by atoms with van der Waals surface area (Å²) in [6.45, 7) is 2.00. The van der Waals surface area contributed by atoms with Crippen molar-refractivity contribution in [3.05, 3.63) is 88.4 Å². The predicted octanol–water partition coefficient (Wildman–Crippen LogP) is 2.38. The minimum Gasteiger partial charge on any atom is -0.442 e. The highest BCUT2D eigenvalue weighted by atomic mass is 19.1. The zero-order valence-electron chi connectivity index (χ0n) is 20.8. The molecule has 1 aromatic heterocycles. The molecule has 1 aliphatic heterocycles. The van der Waals surface area contributed by atoms with Crippen LogP contribution in [0.3, 0.4) is 0 Å². The molecule has 0 bridgehead atoms. The first-order valence-corrected chi connectivity index (χ1v) is 11.8. The minimum atomic E-state index is -0.600. The number of carbonyl (C=O) groups is 3. The molecule has 0 spiro atoms. The Morgan fingerprint density at radius 3 is 2.63 bits per heavy atom.